The van der Waals surface area contributed by atoms with Crippen molar-refractivity contribution < 1.29 is 4.74 Å². The number of benzene rings is 2. The largest absolute Gasteiger partial charge is 0.491 e. The van der Waals surface area contributed by atoms with Crippen LogP contribution < -0.4 is 15.6 Å². The van der Waals surface area contributed by atoms with Crippen molar-refractivity contribution in [2.24, 2.45) is 0 Å². The predicted molar refractivity (Wildman–Crippen MR) is 97.3 cm³/mol. The lowest BCUT2D eigenvalue weighted by atomic mass is 10.1. The average molecular weight is 322 g/mol. The first-order valence-corrected chi connectivity index (χ1v) is 8.19. The van der Waals surface area contributed by atoms with Gasteiger partial charge in [-0.1, -0.05) is 30.3 Å². The molecule has 0 spiro atoms. The van der Waals surface area contributed by atoms with Gasteiger partial charge in [-0.05, 0) is 43.7 Å². The Morgan fingerprint density at radius 2 is 1.83 bits per heavy atom. The number of aromatic amines is 1. The zero-order valence-corrected chi connectivity index (χ0v) is 14.0. The molecule has 1 aromatic heterocycles. The smallest absolute Gasteiger partial charge is 0.252 e. The summed E-state index contributed by atoms with van der Waals surface area (Å²) in [6.07, 6.45) is 0.122. The van der Waals surface area contributed by atoms with Gasteiger partial charge < -0.3 is 15.0 Å². The van der Waals surface area contributed by atoms with E-state index in [1.807, 2.05) is 56.3 Å². The van der Waals surface area contributed by atoms with E-state index >= 15 is 0 Å². The zero-order chi connectivity index (χ0) is 16.9. The maximum absolute atomic E-state index is 12.2. The molecule has 0 aliphatic heterocycles. The van der Waals surface area contributed by atoms with E-state index in [0.29, 0.717) is 6.54 Å². The van der Waals surface area contributed by atoms with Crippen molar-refractivity contribution >= 4 is 10.9 Å². The molecule has 0 unspecified atom stereocenters. The number of aromatic nitrogens is 1. The molecule has 3 rings (SSSR count). The SMILES string of the molecule is CC(C)Oc1ccc2[nH]c(=O)c(CNCc3ccccc3)cc2c1. The van der Waals surface area contributed by atoms with E-state index in [2.05, 4.69) is 22.4 Å². The van der Waals surface area contributed by atoms with Crippen LogP contribution in [0.4, 0.5) is 0 Å². The molecule has 0 saturated carbocycles. The molecular formula is C20H22N2O2. The third-order valence-corrected chi connectivity index (χ3v) is 3.75. The van der Waals surface area contributed by atoms with Gasteiger partial charge in [0.2, 0.25) is 0 Å². The molecule has 4 nitrogen and oxygen atoms in total. The summed E-state index contributed by atoms with van der Waals surface area (Å²) < 4.78 is 5.72. The van der Waals surface area contributed by atoms with Crippen LogP contribution in [0.5, 0.6) is 5.75 Å². The third-order valence-electron chi connectivity index (χ3n) is 3.75. The Hall–Kier alpha value is -2.59. The number of nitrogens with one attached hydrogen (secondary N) is 2. The summed E-state index contributed by atoms with van der Waals surface area (Å²) in [5.41, 5.74) is 2.69. The minimum Gasteiger partial charge on any atom is -0.491 e. The van der Waals surface area contributed by atoms with E-state index in [1.54, 1.807) is 0 Å². The Labute approximate surface area is 141 Å². The summed E-state index contributed by atoms with van der Waals surface area (Å²) >= 11 is 0. The number of H-pyrrole nitrogens is 1. The van der Waals surface area contributed by atoms with Gasteiger partial charge in [-0.2, -0.15) is 0 Å². The van der Waals surface area contributed by atoms with Gasteiger partial charge in [0, 0.05) is 29.6 Å². The standard InChI is InChI=1S/C20H22N2O2/c1-14(2)24-18-8-9-19-16(11-18)10-17(20(23)22-19)13-21-12-15-6-4-3-5-7-15/h3-11,14,21H,12-13H2,1-2H3,(H,22,23). The molecule has 0 radical (unpaired) electrons. The number of hydrogen-bond donors (Lipinski definition) is 2. The van der Waals surface area contributed by atoms with E-state index in [-0.39, 0.29) is 11.7 Å². The fraction of sp³-hybridized carbons (Fsp3) is 0.250. The number of hydrogen-bond acceptors (Lipinski definition) is 3. The topological polar surface area (TPSA) is 54.1 Å². The van der Waals surface area contributed by atoms with E-state index in [9.17, 15) is 4.79 Å². The third kappa shape index (κ3) is 4.03. The van der Waals surface area contributed by atoms with Crippen molar-refractivity contribution in [1.82, 2.24) is 10.3 Å². The number of ether oxygens (including phenoxy) is 1. The second kappa shape index (κ2) is 7.32. The maximum atomic E-state index is 12.2. The van der Waals surface area contributed by atoms with E-state index in [4.69, 9.17) is 4.74 Å². The molecule has 0 amide bonds. The molecule has 24 heavy (non-hydrogen) atoms. The minimum absolute atomic E-state index is 0.0550. The second-order valence-electron chi connectivity index (χ2n) is 6.13. The molecule has 4 heteroatoms. The molecule has 0 atom stereocenters. The summed E-state index contributed by atoms with van der Waals surface area (Å²) in [7, 11) is 0. The molecule has 2 aromatic carbocycles. The average Bonchev–Trinajstić information content (AvgIpc) is 2.56. The van der Waals surface area contributed by atoms with Crippen LogP contribution in [0.15, 0.2) is 59.4 Å². The molecule has 0 saturated heterocycles. The highest BCUT2D eigenvalue weighted by Crippen LogP contribution is 2.20. The van der Waals surface area contributed by atoms with E-state index < -0.39 is 0 Å². The van der Waals surface area contributed by atoms with Gasteiger partial charge in [0.25, 0.3) is 5.56 Å². The van der Waals surface area contributed by atoms with Gasteiger partial charge in [0.1, 0.15) is 5.75 Å². The molecule has 124 valence electrons. The van der Waals surface area contributed by atoms with Gasteiger partial charge in [-0.3, -0.25) is 4.79 Å². The van der Waals surface area contributed by atoms with Crippen LogP contribution in [-0.4, -0.2) is 11.1 Å². The van der Waals surface area contributed by atoms with Crippen molar-refractivity contribution in [3.63, 3.8) is 0 Å². The Kier molecular flexibility index (Phi) is 4.96. The van der Waals surface area contributed by atoms with Crippen molar-refractivity contribution in [1.29, 1.82) is 0 Å². The molecule has 1 heterocycles. The van der Waals surface area contributed by atoms with Crippen molar-refractivity contribution in [3.8, 4) is 5.75 Å². The maximum Gasteiger partial charge on any atom is 0.252 e. The first kappa shape index (κ1) is 16.3. The van der Waals surface area contributed by atoms with Crippen LogP contribution in [0.25, 0.3) is 10.9 Å². The highest BCUT2D eigenvalue weighted by atomic mass is 16.5. The summed E-state index contributed by atoms with van der Waals surface area (Å²) in [5.74, 6) is 0.813. The second-order valence-corrected chi connectivity index (χ2v) is 6.13. The van der Waals surface area contributed by atoms with Crippen LogP contribution in [0.2, 0.25) is 0 Å². The predicted octanol–water partition coefficient (Wildman–Crippen LogP) is 3.61. The van der Waals surface area contributed by atoms with Gasteiger partial charge in [-0.15, -0.1) is 0 Å². The number of fused-ring (bicyclic) bond motifs is 1. The summed E-state index contributed by atoms with van der Waals surface area (Å²) in [6.45, 7) is 5.25. The van der Waals surface area contributed by atoms with Crippen LogP contribution in [-0.2, 0) is 13.1 Å². The summed E-state index contributed by atoms with van der Waals surface area (Å²) in [4.78, 5) is 15.1. The molecule has 2 N–H and O–H groups in total. The number of pyridine rings is 1. The van der Waals surface area contributed by atoms with Crippen molar-refractivity contribution in [2.45, 2.75) is 33.0 Å². The summed E-state index contributed by atoms with van der Waals surface area (Å²) in [5, 5.41) is 4.30. The molecule has 0 fully saturated rings. The van der Waals surface area contributed by atoms with Crippen molar-refractivity contribution in [3.05, 3.63) is 76.1 Å². The fourth-order valence-electron chi connectivity index (χ4n) is 2.64. The quantitative estimate of drug-likeness (QED) is 0.729. The van der Waals surface area contributed by atoms with Crippen LogP contribution >= 0.6 is 0 Å². The first-order valence-electron chi connectivity index (χ1n) is 8.19. The van der Waals surface area contributed by atoms with E-state index in [1.165, 1.54) is 5.56 Å². The molecular weight excluding hydrogens is 300 g/mol. The van der Waals surface area contributed by atoms with Gasteiger partial charge in [0.15, 0.2) is 0 Å². The minimum atomic E-state index is -0.0550. The lowest BCUT2D eigenvalue weighted by Gasteiger charge is -2.11. The lowest BCUT2D eigenvalue weighted by Crippen LogP contribution is -2.20. The van der Waals surface area contributed by atoms with Gasteiger partial charge in [-0.25, -0.2) is 0 Å². The molecule has 0 bridgehead atoms. The fourth-order valence-corrected chi connectivity index (χ4v) is 2.64. The lowest BCUT2D eigenvalue weighted by molar-refractivity contribution is 0.243. The van der Waals surface area contributed by atoms with Crippen LogP contribution in [0.3, 0.4) is 0 Å². The molecule has 0 aliphatic carbocycles. The zero-order valence-electron chi connectivity index (χ0n) is 14.0. The Morgan fingerprint density at radius 3 is 2.58 bits per heavy atom. The Bertz CT molecular complexity index is 870. The van der Waals surface area contributed by atoms with Crippen LogP contribution in [0, 0.1) is 0 Å². The highest BCUT2D eigenvalue weighted by molar-refractivity contribution is 5.80. The van der Waals surface area contributed by atoms with Crippen molar-refractivity contribution in [2.75, 3.05) is 0 Å². The van der Waals surface area contributed by atoms with Crippen LogP contribution in [0.1, 0.15) is 25.0 Å². The number of rotatable bonds is 6. The first-order chi connectivity index (χ1) is 11.6. The highest BCUT2D eigenvalue weighted by Gasteiger charge is 2.05. The Balaban J connectivity index is 1.77. The van der Waals surface area contributed by atoms with Gasteiger partial charge >= 0.3 is 0 Å². The van der Waals surface area contributed by atoms with Gasteiger partial charge in [0.05, 0.1) is 6.10 Å². The molecule has 3 aromatic rings. The Morgan fingerprint density at radius 1 is 1.04 bits per heavy atom. The van der Waals surface area contributed by atoms with E-state index in [0.717, 1.165) is 28.8 Å². The summed E-state index contributed by atoms with van der Waals surface area (Å²) in [6, 6.07) is 17.8. The monoisotopic (exact) mass is 322 g/mol. The normalized spacial score (nSPS) is 11.1. The molecule has 0 aliphatic rings.